The highest BCUT2D eigenvalue weighted by Crippen LogP contribution is 2.33. The van der Waals surface area contributed by atoms with Gasteiger partial charge < -0.3 is 10.1 Å². The van der Waals surface area contributed by atoms with Gasteiger partial charge in [-0.3, -0.25) is 14.6 Å². The topological polar surface area (TPSA) is 59.6 Å². The first kappa shape index (κ1) is 21.7. The Morgan fingerprint density at radius 3 is 2.12 bits per heavy atom. The third kappa shape index (κ3) is 4.40. The van der Waals surface area contributed by atoms with Crippen LogP contribution in [0, 0.1) is 0 Å². The number of carboxylic acids is 1. The molecule has 3 aromatic carbocycles. The minimum atomic E-state index is -0.814. The van der Waals surface area contributed by atoms with Crippen LogP contribution in [0.4, 0.5) is 0 Å². The molecule has 5 rings (SSSR count). The minimum absolute atomic E-state index is 0.0991. The zero-order valence-electron chi connectivity index (χ0n) is 18.2. The molecule has 0 saturated carbocycles. The molecular formula is C27H26ClN3O2. The fraction of sp³-hybridized carbons (Fsp3) is 0.222. The van der Waals surface area contributed by atoms with Crippen molar-refractivity contribution >= 4 is 28.5 Å². The molecule has 0 aliphatic carbocycles. The van der Waals surface area contributed by atoms with E-state index in [2.05, 4.69) is 51.2 Å². The summed E-state index contributed by atoms with van der Waals surface area (Å²) in [4.78, 5) is 20.1. The predicted octanol–water partition coefficient (Wildman–Crippen LogP) is 5.35. The quantitative estimate of drug-likeness (QED) is 0.408. The summed E-state index contributed by atoms with van der Waals surface area (Å²) in [6.07, 6.45) is 1.84. The molecular weight excluding hydrogens is 434 g/mol. The summed E-state index contributed by atoms with van der Waals surface area (Å²) < 4.78 is 0. The molecule has 1 aliphatic heterocycles. The molecule has 1 saturated heterocycles. The number of aliphatic carboxylic acids is 1. The molecule has 168 valence electrons. The van der Waals surface area contributed by atoms with Gasteiger partial charge in [0.1, 0.15) is 6.04 Å². The maximum atomic E-state index is 12.3. The number of aromatic nitrogens is 1. The van der Waals surface area contributed by atoms with Crippen molar-refractivity contribution in [3.8, 4) is 0 Å². The second-order valence-electron chi connectivity index (χ2n) is 8.47. The van der Waals surface area contributed by atoms with Crippen LogP contribution in [0.3, 0.4) is 0 Å². The molecule has 1 aliphatic rings. The first-order chi connectivity index (χ1) is 16.1. The number of aromatic amines is 1. The molecule has 5 nitrogen and oxygen atoms in total. The summed E-state index contributed by atoms with van der Waals surface area (Å²) in [5.74, 6) is -0.814. The van der Waals surface area contributed by atoms with Crippen LogP contribution in [0.5, 0.6) is 0 Å². The zero-order chi connectivity index (χ0) is 22.8. The highest BCUT2D eigenvalue weighted by Gasteiger charge is 2.34. The predicted molar refractivity (Wildman–Crippen MR) is 132 cm³/mol. The average Bonchev–Trinajstić information content (AvgIpc) is 3.26. The van der Waals surface area contributed by atoms with E-state index in [9.17, 15) is 9.90 Å². The van der Waals surface area contributed by atoms with Crippen LogP contribution in [0.1, 0.15) is 28.8 Å². The molecule has 2 heterocycles. The number of nitrogens with zero attached hydrogens (tertiary/aromatic N) is 2. The second-order valence-corrected chi connectivity index (χ2v) is 8.90. The number of hydrogen-bond donors (Lipinski definition) is 2. The van der Waals surface area contributed by atoms with E-state index < -0.39 is 12.0 Å². The molecule has 33 heavy (non-hydrogen) atoms. The molecule has 0 spiro atoms. The van der Waals surface area contributed by atoms with Gasteiger partial charge >= 0.3 is 5.97 Å². The van der Waals surface area contributed by atoms with Crippen molar-refractivity contribution in [2.75, 3.05) is 26.2 Å². The van der Waals surface area contributed by atoms with E-state index in [4.69, 9.17) is 11.6 Å². The standard InChI is InChI=1S/C27H26ClN3O2/c28-21-12-10-20(11-13-21)25(19-6-2-1-3-7-19)30-14-16-31(17-15-30)26(27(32)33)23-18-29-24-9-5-4-8-22(23)24/h1-13,18,25-26,29H,14-17H2,(H,32,33)/t25-,26+/m1/s1. The summed E-state index contributed by atoms with van der Waals surface area (Å²) in [6, 6.07) is 25.8. The van der Waals surface area contributed by atoms with E-state index in [0.717, 1.165) is 34.6 Å². The normalized spacial score (nSPS) is 17.1. The van der Waals surface area contributed by atoms with E-state index in [0.29, 0.717) is 13.1 Å². The lowest BCUT2D eigenvalue weighted by Gasteiger charge is -2.41. The van der Waals surface area contributed by atoms with E-state index in [-0.39, 0.29) is 6.04 Å². The molecule has 1 fully saturated rings. The number of para-hydroxylation sites is 1. The van der Waals surface area contributed by atoms with Gasteiger partial charge in [-0.2, -0.15) is 0 Å². The van der Waals surface area contributed by atoms with Crippen LogP contribution in [-0.2, 0) is 4.79 Å². The van der Waals surface area contributed by atoms with E-state index in [1.807, 2.05) is 48.7 Å². The molecule has 0 amide bonds. The molecule has 0 bridgehead atoms. The number of halogens is 1. The SMILES string of the molecule is O=C(O)[C@H](c1c[nH]c2ccccc12)N1CCN([C@H](c2ccccc2)c2ccc(Cl)cc2)CC1. The first-order valence-electron chi connectivity index (χ1n) is 11.2. The number of H-pyrrole nitrogens is 1. The summed E-state index contributed by atoms with van der Waals surface area (Å²) in [6.45, 7) is 2.89. The monoisotopic (exact) mass is 459 g/mol. The fourth-order valence-electron chi connectivity index (χ4n) is 4.95. The van der Waals surface area contributed by atoms with Crippen molar-refractivity contribution in [2.24, 2.45) is 0 Å². The van der Waals surface area contributed by atoms with E-state index >= 15 is 0 Å². The van der Waals surface area contributed by atoms with Crippen molar-refractivity contribution in [2.45, 2.75) is 12.1 Å². The maximum Gasteiger partial charge on any atom is 0.325 e. The van der Waals surface area contributed by atoms with Gasteiger partial charge in [0, 0.05) is 53.9 Å². The molecule has 4 aromatic rings. The molecule has 0 radical (unpaired) electrons. The van der Waals surface area contributed by atoms with Gasteiger partial charge in [0.2, 0.25) is 0 Å². The number of carboxylic acid groups (broad SMARTS) is 1. The first-order valence-corrected chi connectivity index (χ1v) is 11.6. The Bertz CT molecular complexity index is 1230. The Morgan fingerprint density at radius 1 is 0.818 bits per heavy atom. The summed E-state index contributed by atoms with van der Waals surface area (Å²) in [7, 11) is 0. The molecule has 2 atom stereocenters. The zero-order valence-corrected chi connectivity index (χ0v) is 18.9. The summed E-state index contributed by atoms with van der Waals surface area (Å²) in [5.41, 5.74) is 4.19. The van der Waals surface area contributed by atoms with E-state index in [1.54, 1.807) is 0 Å². The molecule has 1 aromatic heterocycles. The maximum absolute atomic E-state index is 12.3. The Labute approximate surface area is 198 Å². The lowest BCUT2D eigenvalue weighted by Crippen LogP contribution is -2.50. The minimum Gasteiger partial charge on any atom is -0.480 e. The molecule has 6 heteroatoms. The van der Waals surface area contributed by atoms with Crippen LogP contribution in [0.25, 0.3) is 10.9 Å². The lowest BCUT2D eigenvalue weighted by molar-refractivity contribution is -0.144. The molecule has 0 unspecified atom stereocenters. The van der Waals surface area contributed by atoms with Gasteiger partial charge in [0.15, 0.2) is 0 Å². The van der Waals surface area contributed by atoms with Crippen LogP contribution < -0.4 is 0 Å². The molecule has 2 N–H and O–H groups in total. The lowest BCUT2D eigenvalue weighted by atomic mass is 9.96. The fourth-order valence-corrected chi connectivity index (χ4v) is 5.08. The van der Waals surface area contributed by atoms with Gasteiger partial charge in [-0.1, -0.05) is 72.3 Å². The van der Waals surface area contributed by atoms with Crippen LogP contribution in [0.2, 0.25) is 5.02 Å². The summed E-state index contributed by atoms with van der Waals surface area (Å²) >= 11 is 6.14. The van der Waals surface area contributed by atoms with E-state index in [1.165, 1.54) is 11.1 Å². The van der Waals surface area contributed by atoms with Crippen molar-refractivity contribution in [1.82, 2.24) is 14.8 Å². The van der Waals surface area contributed by atoms with Crippen molar-refractivity contribution in [1.29, 1.82) is 0 Å². The third-order valence-corrected chi connectivity index (χ3v) is 6.78. The van der Waals surface area contributed by atoms with Gasteiger partial charge in [0.25, 0.3) is 0 Å². The number of hydrogen-bond acceptors (Lipinski definition) is 3. The van der Waals surface area contributed by atoms with Crippen molar-refractivity contribution in [3.05, 3.63) is 107 Å². The van der Waals surface area contributed by atoms with Crippen molar-refractivity contribution < 1.29 is 9.90 Å². The van der Waals surface area contributed by atoms with Gasteiger partial charge in [-0.25, -0.2) is 0 Å². The summed E-state index contributed by atoms with van der Waals surface area (Å²) in [5, 5.41) is 11.8. The van der Waals surface area contributed by atoms with Crippen LogP contribution >= 0.6 is 11.6 Å². The Kier molecular flexibility index (Phi) is 6.18. The number of carbonyl (C=O) groups is 1. The number of nitrogens with one attached hydrogen (secondary N) is 1. The Morgan fingerprint density at radius 2 is 1.42 bits per heavy atom. The highest BCUT2D eigenvalue weighted by atomic mass is 35.5. The van der Waals surface area contributed by atoms with Crippen LogP contribution in [0.15, 0.2) is 85.1 Å². The number of rotatable bonds is 6. The van der Waals surface area contributed by atoms with Gasteiger partial charge in [0.05, 0.1) is 6.04 Å². The third-order valence-electron chi connectivity index (χ3n) is 6.53. The number of fused-ring (bicyclic) bond motifs is 1. The average molecular weight is 460 g/mol. The van der Waals surface area contributed by atoms with Gasteiger partial charge in [-0.05, 0) is 29.3 Å². The van der Waals surface area contributed by atoms with Crippen molar-refractivity contribution in [3.63, 3.8) is 0 Å². The highest BCUT2D eigenvalue weighted by molar-refractivity contribution is 6.30. The number of piperazine rings is 1. The van der Waals surface area contributed by atoms with Gasteiger partial charge in [-0.15, -0.1) is 0 Å². The number of benzene rings is 3. The largest absolute Gasteiger partial charge is 0.480 e. The Balaban J connectivity index is 1.40. The Hall–Kier alpha value is -3.12. The van der Waals surface area contributed by atoms with Crippen LogP contribution in [-0.4, -0.2) is 52.0 Å². The second kappa shape index (κ2) is 9.40. The smallest absolute Gasteiger partial charge is 0.325 e.